The van der Waals surface area contributed by atoms with E-state index in [9.17, 15) is 18.0 Å². The Morgan fingerprint density at radius 2 is 1.96 bits per heavy atom. The number of thiazole rings is 1. The maximum absolute atomic E-state index is 12.7. The molecule has 2 aromatic carbocycles. The first-order valence-electron chi connectivity index (χ1n) is 8.20. The number of halogens is 3. The summed E-state index contributed by atoms with van der Waals surface area (Å²) in [4.78, 5) is 17.4. The molecule has 0 fully saturated rings. The van der Waals surface area contributed by atoms with Gasteiger partial charge in [0.25, 0.3) is 0 Å². The van der Waals surface area contributed by atoms with E-state index in [0.29, 0.717) is 20.6 Å². The van der Waals surface area contributed by atoms with Crippen LogP contribution in [-0.2, 0) is 6.54 Å². The molecule has 3 rings (SSSR count). The first kappa shape index (κ1) is 19.7. The van der Waals surface area contributed by atoms with E-state index in [4.69, 9.17) is 6.42 Å². The molecule has 0 unspecified atom stereocenters. The van der Waals surface area contributed by atoms with Gasteiger partial charge in [0.2, 0.25) is 0 Å². The molecule has 0 aliphatic carbocycles. The Morgan fingerprint density at radius 1 is 1.25 bits per heavy atom. The summed E-state index contributed by atoms with van der Waals surface area (Å²) in [6.07, 6.45) is 0.482. The van der Waals surface area contributed by atoms with Crippen LogP contribution in [0.2, 0.25) is 0 Å². The van der Waals surface area contributed by atoms with E-state index in [2.05, 4.69) is 15.6 Å². The average molecular weight is 404 g/mol. The third-order valence-electron chi connectivity index (χ3n) is 3.87. The number of hydrogen-bond acceptors (Lipinski definition) is 4. The smallest absolute Gasteiger partial charge is 0.406 e. The van der Waals surface area contributed by atoms with Crippen LogP contribution in [0.1, 0.15) is 15.9 Å². The van der Waals surface area contributed by atoms with Gasteiger partial charge < -0.3 is 9.30 Å². The number of carbonyl (C=O) groups is 1. The van der Waals surface area contributed by atoms with Crippen molar-refractivity contribution in [3.63, 3.8) is 0 Å². The zero-order valence-corrected chi connectivity index (χ0v) is 15.6. The van der Waals surface area contributed by atoms with Crippen molar-refractivity contribution in [2.75, 3.05) is 6.54 Å². The molecule has 0 bridgehead atoms. The molecule has 0 radical (unpaired) electrons. The Morgan fingerprint density at radius 3 is 2.61 bits per heavy atom. The molecule has 0 spiro atoms. The lowest BCUT2D eigenvalue weighted by Crippen LogP contribution is -2.21. The number of aryl methyl sites for hydroxylation is 1. The van der Waals surface area contributed by atoms with Crippen LogP contribution < -0.4 is 9.54 Å². The second-order valence-corrected chi connectivity index (χ2v) is 6.97. The zero-order valence-electron chi connectivity index (χ0n) is 14.8. The van der Waals surface area contributed by atoms with E-state index < -0.39 is 6.36 Å². The maximum atomic E-state index is 12.7. The molecule has 0 amide bonds. The van der Waals surface area contributed by atoms with Crippen molar-refractivity contribution in [1.82, 2.24) is 4.57 Å². The van der Waals surface area contributed by atoms with Crippen molar-refractivity contribution in [3.05, 3.63) is 58.4 Å². The summed E-state index contributed by atoms with van der Waals surface area (Å²) in [7, 11) is 0. The van der Waals surface area contributed by atoms with E-state index in [0.717, 1.165) is 16.9 Å². The Hall–Kier alpha value is -3.05. The van der Waals surface area contributed by atoms with Crippen LogP contribution in [0.5, 0.6) is 5.75 Å². The number of fused-ring (bicyclic) bond motifs is 1. The van der Waals surface area contributed by atoms with Crippen molar-refractivity contribution in [3.8, 4) is 18.1 Å². The van der Waals surface area contributed by atoms with Gasteiger partial charge in [0.1, 0.15) is 12.3 Å². The lowest BCUT2D eigenvalue weighted by Gasteiger charge is -2.09. The summed E-state index contributed by atoms with van der Waals surface area (Å²) >= 11 is 1.14. The van der Waals surface area contributed by atoms with E-state index >= 15 is 0 Å². The Kier molecular flexibility index (Phi) is 5.56. The van der Waals surface area contributed by atoms with Gasteiger partial charge in [-0.2, -0.15) is 0 Å². The van der Waals surface area contributed by atoms with Crippen LogP contribution in [0.15, 0.2) is 47.5 Å². The molecule has 0 saturated heterocycles. The highest BCUT2D eigenvalue weighted by atomic mass is 32.1. The number of aromatic nitrogens is 1. The van der Waals surface area contributed by atoms with Crippen LogP contribution in [0.4, 0.5) is 13.2 Å². The Labute approximate surface area is 162 Å². The number of alkyl halides is 3. The molecule has 8 heteroatoms. The molecule has 3 aromatic rings. The van der Waals surface area contributed by atoms with Crippen molar-refractivity contribution >= 4 is 27.3 Å². The van der Waals surface area contributed by atoms with Gasteiger partial charge in [-0.25, -0.2) is 4.99 Å². The molecule has 0 saturated carbocycles. The largest absolute Gasteiger partial charge is 0.573 e. The molecule has 0 aliphatic heterocycles. The molecule has 144 valence electrons. The number of benzene rings is 2. The number of nitrogens with zero attached hydrogens (tertiary/aromatic N) is 2. The number of ketones is 1. The highest BCUT2D eigenvalue weighted by molar-refractivity contribution is 7.16. The van der Waals surface area contributed by atoms with Gasteiger partial charge in [-0.15, -0.1) is 19.6 Å². The minimum absolute atomic E-state index is 0.00800. The van der Waals surface area contributed by atoms with E-state index in [-0.39, 0.29) is 24.6 Å². The Bertz CT molecular complexity index is 1120. The standard InChI is InChI=1S/C20H15F3N2O2S/c1-3-10-24-19-25(12-17(26)14-6-4-13(2)5-7-14)16-9-8-15(11-18(16)28-19)27-20(21,22)23/h1,4-9,11H,10,12H2,2H3/b24-19-. The van der Waals surface area contributed by atoms with Crippen LogP contribution in [0, 0.1) is 19.3 Å². The minimum Gasteiger partial charge on any atom is -0.406 e. The van der Waals surface area contributed by atoms with Gasteiger partial charge in [-0.1, -0.05) is 47.1 Å². The van der Waals surface area contributed by atoms with Gasteiger partial charge in [0.05, 0.1) is 16.8 Å². The molecule has 1 heterocycles. The lowest BCUT2D eigenvalue weighted by atomic mass is 10.1. The lowest BCUT2D eigenvalue weighted by molar-refractivity contribution is -0.274. The average Bonchev–Trinajstić information content (AvgIpc) is 2.95. The quantitative estimate of drug-likeness (QED) is 0.469. The topological polar surface area (TPSA) is 43.6 Å². The molecule has 28 heavy (non-hydrogen) atoms. The number of carbonyl (C=O) groups excluding carboxylic acids is 1. The predicted molar refractivity (Wildman–Crippen MR) is 101 cm³/mol. The zero-order chi connectivity index (χ0) is 20.3. The van der Waals surface area contributed by atoms with Gasteiger partial charge in [-0.05, 0) is 25.1 Å². The molecule has 0 aliphatic rings. The minimum atomic E-state index is -4.78. The van der Waals surface area contributed by atoms with Gasteiger partial charge in [-0.3, -0.25) is 4.79 Å². The molecule has 4 nitrogen and oxygen atoms in total. The molecular weight excluding hydrogens is 389 g/mol. The summed E-state index contributed by atoms with van der Waals surface area (Å²) < 4.78 is 43.5. The van der Waals surface area contributed by atoms with Crippen molar-refractivity contribution in [2.45, 2.75) is 19.8 Å². The summed E-state index contributed by atoms with van der Waals surface area (Å²) in [5.74, 6) is 1.92. The molecule has 1 aromatic heterocycles. The first-order valence-corrected chi connectivity index (χ1v) is 9.01. The maximum Gasteiger partial charge on any atom is 0.573 e. The highest BCUT2D eigenvalue weighted by Crippen LogP contribution is 2.28. The van der Waals surface area contributed by atoms with E-state index in [1.807, 2.05) is 19.1 Å². The monoisotopic (exact) mass is 404 g/mol. The van der Waals surface area contributed by atoms with Gasteiger partial charge in [0.15, 0.2) is 10.6 Å². The molecule has 0 N–H and O–H groups in total. The molecule has 0 atom stereocenters. The third kappa shape index (κ3) is 4.61. The van der Waals surface area contributed by atoms with Gasteiger partial charge in [0, 0.05) is 5.56 Å². The number of hydrogen-bond donors (Lipinski definition) is 0. The normalized spacial score (nSPS) is 12.2. The SMILES string of the molecule is C#CC/N=c1\sc2cc(OC(F)(F)F)ccc2n1CC(=O)c1ccc(C)cc1. The number of ether oxygens (including phenoxy) is 1. The fourth-order valence-corrected chi connectivity index (χ4v) is 3.67. The van der Waals surface area contributed by atoms with Crippen LogP contribution in [0.25, 0.3) is 10.2 Å². The summed E-state index contributed by atoms with van der Waals surface area (Å²) in [5.41, 5.74) is 2.15. The first-order chi connectivity index (χ1) is 13.3. The number of rotatable bonds is 5. The van der Waals surface area contributed by atoms with Crippen molar-refractivity contribution in [2.24, 2.45) is 4.99 Å². The highest BCUT2D eigenvalue weighted by Gasteiger charge is 2.31. The van der Waals surface area contributed by atoms with Crippen molar-refractivity contribution < 1.29 is 22.7 Å². The van der Waals surface area contributed by atoms with Crippen LogP contribution >= 0.6 is 11.3 Å². The predicted octanol–water partition coefficient (Wildman–Crippen LogP) is 4.33. The van der Waals surface area contributed by atoms with Crippen molar-refractivity contribution in [1.29, 1.82) is 0 Å². The number of terminal acetylenes is 1. The molecular formula is C20H15F3N2O2S. The third-order valence-corrected chi connectivity index (χ3v) is 4.95. The van der Waals surface area contributed by atoms with E-state index in [1.165, 1.54) is 18.2 Å². The summed E-state index contributed by atoms with van der Waals surface area (Å²) in [6.45, 7) is 2.01. The van der Waals surface area contributed by atoms with Gasteiger partial charge >= 0.3 is 6.36 Å². The Balaban J connectivity index is 2.02. The fraction of sp³-hybridized carbons (Fsp3) is 0.200. The second-order valence-electron chi connectivity index (χ2n) is 5.96. The second kappa shape index (κ2) is 7.90. The summed E-state index contributed by atoms with van der Waals surface area (Å²) in [5, 5.41) is 0. The van der Waals surface area contributed by atoms with Crippen LogP contribution in [-0.4, -0.2) is 23.3 Å². The fourth-order valence-electron chi connectivity index (χ4n) is 2.61. The van der Waals surface area contributed by atoms with E-state index in [1.54, 1.807) is 16.7 Å². The van der Waals surface area contributed by atoms with Crippen LogP contribution in [0.3, 0.4) is 0 Å². The summed E-state index contributed by atoms with van der Waals surface area (Å²) in [6, 6.07) is 11.1. The number of Topliss-reactive ketones (excluding diaryl/α,β-unsaturated/α-hetero) is 1.